The molecule has 0 unspecified atom stereocenters. The van der Waals surface area contributed by atoms with Gasteiger partial charge in [0.1, 0.15) is 6.04 Å². The van der Waals surface area contributed by atoms with Crippen molar-refractivity contribution < 1.29 is 24.7 Å². The number of thiocarbonyl (C=S) groups is 1. The van der Waals surface area contributed by atoms with Crippen LogP contribution in [0.15, 0.2) is 28.8 Å². The first-order valence-corrected chi connectivity index (χ1v) is 10.5. The number of nitrogens with two attached hydrogens (primary N) is 1. The fourth-order valence-electron chi connectivity index (χ4n) is 2.92. The number of guanidine groups is 1. The highest BCUT2D eigenvalue weighted by molar-refractivity contribution is 7.81. The summed E-state index contributed by atoms with van der Waals surface area (Å²) in [6, 6.07) is -1.02. The molecule has 0 aromatic heterocycles. The molecular weight excluding hydrogens is 439 g/mol. The van der Waals surface area contributed by atoms with Gasteiger partial charge in [-0.15, -0.1) is 0 Å². The van der Waals surface area contributed by atoms with E-state index < -0.39 is 35.9 Å². The molecule has 0 aromatic carbocycles. The van der Waals surface area contributed by atoms with Crippen LogP contribution in [0.3, 0.4) is 0 Å². The third kappa shape index (κ3) is 9.98. The second kappa shape index (κ2) is 13.5. The summed E-state index contributed by atoms with van der Waals surface area (Å²) in [4.78, 5) is 40.1. The summed E-state index contributed by atoms with van der Waals surface area (Å²) in [5.41, 5.74) is 7.34. The van der Waals surface area contributed by atoms with E-state index in [-0.39, 0.29) is 36.8 Å². The normalized spacial score (nSPS) is 15.6. The Hall–Kier alpha value is -2.84. The van der Waals surface area contributed by atoms with Crippen molar-refractivity contribution >= 4 is 42.0 Å². The standard InChI is InChI=1S/C18H29BN6O6S/c1-11(2)10-15(19(28)29)23-17(27)13(7-5-9-21-18(20)24-25(30)31)22-16(26)12-6-3-4-8-14(12)32/h3-4,6,11,13,15,28-29H,5,7-10H2,1-2H3,(H,22,26)(H,23,27)(H3,20,21,24)/t13-,15-/m0/s1. The first kappa shape index (κ1) is 27.2. The topological polar surface area (TPSA) is 192 Å². The van der Waals surface area contributed by atoms with Crippen molar-refractivity contribution in [1.82, 2.24) is 16.1 Å². The number of rotatable bonds is 12. The number of hydrogen-bond acceptors (Lipinski definition) is 8. The molecule has 7 N–H and O–H groups in total. The van der Waals surface area contributed by atoms with Crippen LogP contribution < -0.4 is 21.8 Å². The van der Waals surface area contributed by atoms with Gasteiger partial charge in [-0.1, -0.05) is 43.6 Å². The molecule has 0 bridgehead atoms. The second-order valence-electron chi connectivity index (χ2n) is 7.60. The van der Waals surface area contributed by atoms with Gasteiger partial charge >= 0.3 is 7.12 Å². The lowest BCUT2D eigenvalue weighted by Crippen LogP contribution is -2.54. The van der Waals surface area contributed by atoms with Crippen LogP contribution in [0.2, 0.25) is 0 Å². The zero-order chi connectivity index (χ0) is 24.3. The molecule has 12 nitrogen and oxygen atoms in total. The smallest absolute Gasteiger partial charge is 0.426 e. The third-order valence-electron chi connectivity index (χ3n) is 4.42. The molecule has 0 aliphatic heterocycles. The Bertz CT molecular complexity index is 801. The van der Waals surface area contributed by atoms with E-state index in [1.807, 2.05) is 19.9 Å². The lowest BCUT2D eigenvalue weighted by atomic mass is 9.75. The first-order valence-electron chi connectivity index (χ1n) is 10.1. The van der Waals surface area contributed by atoms with Gasteiger partial charge in [0.15, 0.2) is 5.03 Å². The summed E-state index contributed by atoms with van der Waals surface area (Å²) < 4.78 is 0. The van der Waals surface area contributed by atoms with E-state index in [0.29, 0.717) is 17.7 Å². The largest absolute Gasteiger partial charge is 0.475 e. The molecule has 1 aliphatic rings. The number of carbonyl (C=O) groups excluding carboxylic acids is 2. The van der Waals surface area contributed by atoms with Crippen molar-refractivity contribution in [3.8, 4) is 0 Å². The average Bonchev–Trinajstić information content (AvgIpc) is 2.68. The van der Waals surface area contributed by atoms with Crippen molar-refractivity contribution in [2.24, 2.45) is 16.6 Å². The van der Waals surface area contributed by atoms with Gasteiger partial charge in [-0.05, 0) is 31.3 Å². The molecule has 0 heterocycles. The number of aliphatic imine (C=N–C) groups is 1. The molecule has 14 heteroatoms. The van der Waals surface area contributed by atoms with Gasteiger partial charge in [0, 0.05) is 17.8 Å². The Morgan fingerprint density at radius 2 is 2.06 bits per heavy atom. The van der Waals surface area contributed by atoms with E-state index in [1.165, 1.54) is 0 Å². The van der Waals surface area contributed by atoms with Gasteiger partial charge in [-0.3, -0.25) is 9.59 Å². The monoisotopic (exact) mass is 468 g/mol. The van der Waals surface area contributed by atoms with Crippen molar-refractivity contribution in [2.75, 3.05) is 6.54 Å². The number of nitro groups is 1. The highest BCUT2D eigenvalue weighted by Gasteiger charge is 2.30. The highest BCUT2D eigenvalue weighted by Crippen LogP contribution is 2.12. The van der Waals surface area contributed by atoms with E-state index in [2.05, 4.69) is 15.6 Å². The number of nitrogens with zero attached hydrogens (tertiary/aromatic N) is 2. The quantitative estimate of drug-likeness (QED) is 0.0402. The Kier molecular flexibility index (Phi) is 11.5. The molecule has 2 atom stereocenters. The first-order chi connectivity index (χ1) is 15.0. The van der Waals surface area contributed by atoms with Crippen LogP contribution in [0, 0.1) is 16.0 Å². The van der Waals surface area contributed by atoms with E-state index in [9.17, 15) is 29.8 Å². The molecule has 0 saturated carbocycles. The molecule has 0 spiro atoms. The Balaban J connectivity index is 2.88. The Labute approximate surface area is 191 Å². The predicted molar refractivity (Wildman–Crippen MR) is 124 cm³/mol. The van der Waals surface area contributed by atoms with Gasteiger partial charge in [-0.2, -0.15) is 0 Å². The van der Waals surface area contributed by atoms with Gasteiger partial charge in [0.2, 0.25) is 5.91 Å². The molecule has 1 aliphatic carbocycles. The zero-order valence-corrected chi connectivity index (χ0v) is 18.8. The minimum atomic E-state index is -1.77. The maximum absolute atomic E-state index is 12.8. The summed E-state index contributed by atoms with van der Waals surface area (Å²) in [7, 11) is -1.77. The lowest BCUT2D eigenvalue weighted by molar-refractivity contribution is -0.525. The summed E-state index contributed by atoms with van der Waals surface area (Å²) in [5.74, 6) is -2.35. The zero-order valence-electron chi connectivity index (χ0n) is 18.0. The molecule has 32 heavy (non-hydrogen) atoms. The molecular formula is C18H29BN6O6S. The van der Waals surface area contributed by atoms with Crippen molar-refractivity contribution in [3.63, 3.8) is 0 Å². The van der Waals surface area contributed by atoms with Crippen LogP contribution >= 0.6 is 12.2 Å². The molecule has 2 amide bonds. The maximum Gasteiger partial charge on any atom is 0.475 e. The highest BCUT2D eigenvalue weighted by atomic mass is 32.1. The summed E-state index contributed by atoms with van der Waals surface area (Å²) in [6.45, 7) is 3.80. The SMILES string of the molecule is CC(C)C[C@H](NC(=O)[C@H](CCCN=C(N)N[N+](=O)[O-])NC(=O)C1=CC=CCC1=S)B(O)O. The van der Waals surface area contributed by atoms with Crippen LogP contribution in [0.4, 0.5) is 0 Å². The van der Waals surface area contributed by atoms with Gasteiger partial charge in [0.25, 0.3) is 11.9 Å². The third-order valence-corrected chi connectivity index (χ3v) is 4.81. The average molecular weight is 468 g/mol. The molecule has 176 valence electrons. The van der Waals surface area contributed by atoms with E-state index in [4.69, 9.17) is 18.0 Å². The minimum absolute atomic E-state index is 0.0637. The van der Waals surface area contributed by atoms with Crippen LogP contribution in [-0.2, 0) is 9.59 Å². The van der Waals surface area contributed by atoms with Crippen LogP contribution in [0.25, 0.3) is 0 Å². The summed E-state index contributed by atoms with van der Waals surface area (Å²) >= 11 is 5.20. The fourth-order valence-corrected chi connectivity index (χ4v) is 3.18. The van der Waals surface area contributed by atoms with Crippen LogP contribution in [0.1, 0.15) is 39.5 Å². The number of amides is 2. The number of hydrazine groups is 1. The molecule has 0 aromatic rings. The lowest BCUT2D eigenvalue weighted by Gasteiger charge is -2.24. The maximum atomic E-state index is 12.8. The Morgan fingerprint density at radius 3 is 2.62 bits per heavy atom. The number of carbonyl (C=O) groups is 2. The molecule has 0 saturated heterocycles. The minimum Gasteiger partial charge on any atom is -0.426 e. The van der Waals surface area contributed by atoms with Crippen LogP contribution in [-0.4, -0.2) is 63.4 Å². The van der Waals surface area contributed by atoms with Crippen molar-refractivity contribution in [1.29, 1.82) is 0 Å². The second-order valence-corrected chi connectivity index (χ2v) is 8.09. The summed E-state index contributed by atoms with van der Waals surface area (Å²) in [5, 5.41) is 33.9. The van der Waals surface area contributed by atoms with E-state index in [1.54, 1.807) is 17.6 Å². The van der Waals surface area contributed by atoms with Crippen LogP contribution in [0.5, 0.6) is 0 Å². The number of nitrogens with one attached hydrogen (secondary N) is 3. The van der Waals surface area contributed by atoms with Gasteiger partial charge in [0.05, 0.1) is 11.5 Å². The van der Waals surface area contributed by atoms with E-state index in [0.717, 1.165) is 0 Å². The molecule has 0 fully saturated rings. The number of hydrogen-bond donors (Lipinski definition) is 6. The van der Waals surface area contributed by atoms with Gasteiger partial charge < -0.3 is 26.4 Å². The number of allylic oxidation sites excluding steroid dienone is 3. The predicted octanol–water partition coefficient (Wildman–Crippen LogP) is -0.853. The Morgan fingerprint density at radius 1 is 1.38 bits per heavy atom. The van der Waals surface area contributed by atoms with Crippen molar-refractivity contribution in [2.45, 2.75) is 51.5 Å². The molecule has 0 radical (unpaired) electrons. The van der Waals surface area contributed by atoms with Crippen molar-refractivity contribution in [3.05, 3.63) is 33.9 Å². The van der Waals surface area contributed by atoms with Gasteiger partial charge in [-0.25, -0.2) is 15.1 Å². The molecule has 1 rings (SSSR count). The fraction of sp³-hybridized carbons (Fsp3) is 0.556. The van der Waals surface area contributed by atoms with E-state index >= 15 is 0 Å². The summed E-state index contributed by atoms with van der Waals surface area (Å²) in [6.07, 6.45) is 6.21.